The van der Waals surface area contributed by atoms with E-state index >= 15 is 0 Å². The Hall–Kier alpha value is 0.380. The normalized spacial score (nSPS) is 11.0. The maximum Gasteiger partial charge on any atom is 0.305 e. The van der Waals surface area contributed by atoms with Crippen LogP contribution in [0.1, 0.15) is 84.0 Å². The third kappa shape index (κ3) is 22.4. The molecule has 0 aliphatic heterocycles. The van der Waals surface area contributed by atoms with E-state index in [1.165, 1.54) is 51.4 Å². The minimum absolute atomic E-state index is 0. The second kappa shape index (κ2) is 17.2. The van der Waals surface area contributed by atoms with E-state index < -0.39 is 15.9 Å². The van der Waals surface area contributed by atoms with E-state index in [1.807, 2.05) is 0 Å². The fraction of sp³-hybridized carbons (Fsp3) is 0.938. The van der Waals surface area contributed by atoms with E-state index in [9.17, 15) is 13.2 Å². The van der Waals surface area contributed by atoms with Crippen molar-refractivity contribution in [2.75, 3.05) is 12.4 Å². The van der Waals surface area contributed by atoms with Crippen LogP contribution in [0.4, 0.5) is 0 Å². The molecule has 0 saturated heterocycles. The van der Waals surface area contributed by atoms with Crippen LogP contribution in [0.5, 0.6) is 0 Å². The fourth-order valence-electron chi connectivity index (χ4n) is 2.27. The first kappa shape index (κ1) is 25.6. The Balaban J connectivity index is 0. The number of rotatable bonds is 15. The second-order valence-corrected chi connectivity index (χ2v) is 7.36. The van der Waals surface area contributed by atoms with Crippen LogP contribution in [-0.2, 0) is 19.6 Å². The Labute approximate surface area is 164 Å². The Morgan fingerprint density at radius 3 is 1.74 bits per heavy atom. The molecule has 0 aromatic rings. The van der Waals surface area contributed by atoms with E-state index in [1.54, 1.807) is 0 Å². The van der Waals surface area contributed by atoms with Crippen molar-refractivity contribution in [2.45, 2.75) is 84.0 Å². The number of esters is 1. The van der Waals surface area contributed by atoms with E-state index in [2.05, 4.69) is 6.92 Å². The molecule has 0 amide bonds. The van der Waals surface area contributed by atoms with Crippen molar-refractivity contribution < 1.29 is 22.5 Å². The van der Waals surface area contributed by atoms with Crippen LogP contribution in [0.2, 0.25) is 0 Å². The molecular formula is C16H32NaO5S. The minimum atomic E-state index is -4.04. The largest absolute Gasteiger partial charge is 0.464 e. The summed E-state index contributed by atoms with van der Waals surface area (Å²) in [6, 6.07) is 0. The predicted molar refractivity (Wildman–Crippen MR) is 94.2 cm³/mol. The third-order valence-corrected chi connectivity index (χ3v) is 4.27. The van der Waals surface area contributed by atoms with Crippen LogP contribution < -0.4 is 0 Å². The first-order valence-electron chi connectivity index (χ1n) is 8.56. The maximum atomic E-state index is 11.3. The van der Waals surface area contributed by atoms with Crippen LogP contribution in [0.15, 0.2) is 0 Å². The molecule has 5 nitrogen and oxygen atoms in total. The SMILES string of the molecule is CCCCCCCCCCCCCC(=O)OCCS(=O)(=O)O.[Na]. The summed E-state index contributed by atoms with van der Waals surface area (Å²) < 4.78 is 34.1. The first-order valence-corrected chi connectivity index (χ1v) is 10.2. The summed E-state index contributed by atoms with van der Waals surface area (Å²) in [4.78, 5) is 11.3. The van der Waals surface area contributed by atoms with Gasteiger partial charge in [0, 0.05) is 36.0 Å². The maximum absolute atomic E-state index is 11.3. The van der Waals surface area contributed by atoms with Gasteiger partial charge in [0.2, 0.25) is 0 Å². The van der Waals surface area contributed by atoms with Crippen LogP contribution >= 0.6 is 0 Å². The summed E-state index contributed by atoms with van der Waals surface area (Å²) in [5, 5.41) is 0. The van der Waals surface area contributed by atoms with Gasteiger partial charge >= 0.3 is 5.97 Å². The van der Waals surface area contributed by atoms with Gasteiger partial charge in [0.1, 0.15) is 12.4 Å². The van der Waals surface area contributed by atoms with Gasteiger partial charge in [-0.3, -0.25) is 9.35 Å². The van der Waals surface area contributed by atoms with E-state index in [4.69, 9.17) is 9.29 Å². The van der Waals surface area contributed by atoms with E-state index in [-0.39, 0.29) is 42.1 Å². The summed E-state index contributed by atoms with van der Waals surface area (Å²) in [5.74, 6) is -0.920. The van der Waals surface area contributed by atoms with Crippen LogP contribution in [0.25, 0.3) is 0 Å². The number of hydrogen-bond acceptors (Lipinski definition) is 4. The van der Waals surface area contributed by atoms with Gasteiger partial charge in [0.25, 0.3) is 10.1 Å². The van der Waals surface area contributed by atoms with E-state index in [0.717, 1.165) is 19.3 Å². The van der Waals surface area contributed by atoms with Gasteiger partial charge in [0.15, 0.2) is 0 Å². The van der Waals surface area contributed by atoms with Gasteiger partial charge in [-0.05, 0) is 6.42 Å². The van der Waals surface area contributed by atoms with Crippen molar-refractivity contribution in [3.05, 3.63) is 0 Å². The zero-order valence-corrected chi connectivity index (χ0v) is 17.7. The Morgan fingerprint density at radius 1 is 0.870 bits per heavy atom. The van der Waals surface area contributed by atoms with Crippen LogP contribution in [0.3, 0.4) is 0 Å². The molecular weight excluding hydrogens is 327 g/mol. The molecule has 0 bridgehead atoms. The fourth-order valence-corrected chi connectivity index (χ4v) is 2.56. The van der Waals surface area contributed by atoms with E-state index in [0.29, 0.717) is 6.42 Å². The summed E-state index contributed by atoms with van der Waals surface area (Å²) in [5.41, 5.74) is 0. The van der Waals surface area contributed by atoms with Crippen molar-refractivity contribution in [1.29, 1.82) is 0 Å². The third-order valence-electron chi connectivity index (χ3n) is 3.59. The average Bonchev–Trinajstić information content (AvgIpc) is 2.43. The standard InChI is InChI=1S/C16H32O5S.Na/c1-2-3-4-5-6-7-8-9-10-11-12-13-16(17)21-14-15-22(18,19)20;/h2-15H2,1H3,(H,18,19,20);. The smallest absolute Gasteiger partial charge is 0.305 e. The quantitative estimate of drug-likeness (QED) is 0.208. The van der Waals surface area contributed by atoms with Gasteiger partial charge in [-0.15, -0.1) is 0 Å². The Morgan fingerprint density at radius 2 is 1.30 bits per heavy atom. The second-order valence-electron chi connectivity index (χ2n) is 5.79. The molecule has 0 atom stereocenters. The summed E-state index contributed by atoms with van der Waals surface area (Å²) in [6.07, 6.45) is 13.7. The molecule has 0 aromatic heterocycles. The molecule has 7 heteroatoms. The topological polar surface area (TPSA) is 80.7 Å². The molecule has 0 heterocycles. The zero-order chi connectivity index (χ0) is 16.7. The molecule has 0 saturated carbocycles. The summed E-state index contributed by atoms with van der Waals surface area (Å²) >= 11 is 0. The van der Waals surface area contributed by atoms with Gasteiger partial charge < -0.3 is 4.74 Å². The molecule has 1 N–H and O–H groups in total. The van der Waals surface area contributed by atoms with Gasteiger partial charge in [-0.2, -0.15) is 8.42 Å². The summed E-state index contributed by atoms with van der Waals surface area (Å²) in [6.45, 7) is 1.96. The molecule has 0 unspecified atom stereocenters. The molecule has 0 rings (SSSR count). The molecule has 0 spiro atoms. The first-order chi connectivity index (χ1) is 10.5. The minimum Gasteiger partial charge on any atom is -0.464 e. The predicted octanol–water partition coefficient (Wildman–Crippen LogP) is 3.74. The number of unbranched alkanes of at least 4 members (excludes halogenated alkanes) is 10. The van der Waals surface area contributed by atoms with Crippen molar-refractivity contribution in [3.8, 4) is 0 Å². The van der Waals surface area contributed by atoms with Gasteiger partial charge in [0.05, 0.1) is 0 Å². The Kier molecular flexibility index (Phi) is 19.2. The number of hydrogen-bond donors (Lipinski definition) is 1. The van der Waals surface area contributed by atoms with Crippen molar-refractivity contribution in [2.24, 2.45) is 0 Å². The molecule has 0 aromatic carbocycles. The monoisotopic (exact) mass is 359 g/mol. The molecule has 0 aliphatic carbocycles. The van der Waals surface area contributed by atoms with Gasteiger partial charge in [-0.1, -0.05) is 71.1 Å². The number of carbonyl (C=O) groups is 1. The van der Waals surface area contributed by atoms with Crippen molar-refractivity contribution >= 4 is 45.6 Å². The van der Waals surface area contributed by atoms with Crippen LogP contribution in [-0.4, -0.2) is 60.9 Å². The zero-order valence-electron chi connectivity index (χ0n) is 14.9. The van der Waals surface area contributed by atoms with Crippen molar-refractivity contribution in [3.63, 3.8) is 0 Å². The average molecular weight is 359 g/mol. The Bertz CT molecular complexity index is 371. The number of ether oxygens (including phenoxy) is 1. The van der Waals surface area contributed by atoms with Crippen LogP contribution in [0, 0.1) is 0 Å². The molecule has 0 fully saturated rings. The van der Waals surface area contributed by atoms with Gasteiger partial charge in [-0.25, -0.2) is 0 Å². The van der Waals surface area contributed by atoms with Crippen molar-refractivity contribution in [1.82, 2.24) is 0 Å². The molecule has 0 aliphatic rings. The number of carbonyl (C=O) groups excluding carboxylic acids is 1. The molecule has 133 valence electrons. The molecule has 1 radical (unpaired) electrons. The summed E-state index contributed by atoms with van der Waals surface area (Å²) in [7, 11) is -4.04. The molecule has 23 heavy (non-hydrogen) atoms.